The summed E-state index contributed by atoms with van der Waals surface area (Å²) >= 11 is 8.91. The predicted octanol–water partition coefficient (Wildman–Crippen LogP) is 5.89. The highest BCUT2D eigenvalue weighted by atomic mass is 35.5. The van der Waals surface area contributed by atoms with E-state index in [-0.39, 0.29) is 63.9 Å². The average molecular weight is 704 g/mol. The molecule has 1 aromatic heterocycles. The second kappa shape index (κ2) is 12.0. The van der Waals surface area contributed by atoms with Crippen molar-refractivity contribution >= 4 is 63.8 Å². The number of phenols is 1. The SMILES string of the molecule is CCOc1cc([C@H]2c3sc(=O)[nH]c3SC3C4CC(C5C(=O)N(c6ccc(Cl)cc6)C(=O)C45)C32)ccc1OCC(=O)Nc1ccc(O)cc1. The summed E-state index contributed by atoms with van der Waals surface area (Å²) in [5.41, 5.74) is 1.98. The zero-order chi connectivity index (χ0) is 33.3. The van der Waals surface area contributed by atoms with Gasteiger partial charge in [-0.15, -0.1) is 11.8 Å². The third kappa shape index (κ3) is 5.08. The fraction of sp³-hybridized carbons (Fsp3) is 0.314. The summed E-state index contributed by atoms with van der Waals surface area (Å²) < 4.78 is 11.9. The van der Waals surface area contributed by atoms with Gasteiger partial charge >= 0.3 is 4.87 Å². The Morgan fingerprint density at radius 3 is 2.44 bits per heavy atom. The number of nitrogens with zero attached hydrogens (tertiary/aromatic N) is 1. The molecule has 13 heteroatoms. The van der Waals surface area contributed by atoms with Crippen molar-refractivity contribution < 1.29 is 29.0 Å². The van der Waals surface area contributed by atoms with E-state index in [1.54, 1.807) is 54.2 Å². The molecule has 246 valence electrons. The van der Waals surface area contributed by atoms with Gasteiger partial charge in [0.1, 0.15) is 5.75 Å². The van der Waals surface area contributed by atoms with Crippen LogP contribution in [0.15, 0.2) is 76.6 Å². The van der Waals surface area contributed by atoms with Crippen LogP contribution in [-0.2, 0) is 14.4 Å². The molecule has 4 aliphatic rings. The summed E-state index contributed by atoms with van der Waals surface area (Å²) in [6.07, 6.45) is 0.773. The molecule has 1 saturated heterocycles. The van der Waals surface area contributed by atoms with Gasteiger partial charge in [-0.2, -0.15) is 0 Å². The smallest absolute Gasteiger partial charge is 0.305 e. The van der Waals surface area contributed by atoms with Crippen LogP contribution in [0.2, 0.25) is 5.02 Å². The van der Waals surface area contributed by atoms with Gasteiger partial charge in [0, 0.05) is 26.8 Å². The molecule has 2 bridgehead atoms. The van der Waals surface area contributed by atoms with Crippen molar-refractivity contribution in [1.82, 2.24) is 4.98 Å². The molecule has 48 heavy (non-hydrogen) atoms. The fourth-order valence-corrected chi connectivity index (χ4v) is 11.2. The van der Waals surface area contributed by atoms with Crippen molar-refractivity contribution in [1.29, 1.82) is 0 Å². The molecular formula is C35H30ClN3O7S2. The van der Waals surface area contributed by atoms with Crippen LogP contribution in [0.25, 0.3) is 0 Å². The molecule has 2 saturated carbocycles. The van der Waals surface area contributed by atoms with Crippen LogP contribution in [0.1, 0.15) is 29.7 Å². The molecule has 8 rings (SSSR count). The summed E-state index contributed by atoms with van der Waals surface area (Å²) in [5, 5.41) is 13.6. The number of amides is 3. The highest BCUT2D eigenvalue weighted by molar-refractivity contribution is 8.00. The fourth-order valence-electron chi connectivity index (χ4n) is 8.23. The number of benzene rings is 3. The number of halogens is 1. The Balaban J connectivity index is 1.10. The number of aromatic hydroxyl groups is 1. The molecule has 3 amide bonds. The molecule has 6 unspecified atom stereocenters. The molecule has 3 heterocycles. The molecule has 3 fully saturated rings. The van der Waals surface area contributed by atoms with Crippen LogP contribution in [-0.4, -0.2) is 46.3 Å². The van der Waals surface area contributed by atoms with E-state index in [2.05, 4.69) is 10.3 Å². The van der Waals surface area contributed by atoms with E-state index in [4.69, 9.17) is 21.1 Å². The number of hydrogen-bond donors (Lipinski definition) is 3. The van der Waals surface area contributed by atoms with Gasteiger partial charge in [0.25, 0.3) is 5.91 Å². The molecule has 0 radical (unpaired) electrons. The summed E-state index contributed by atoms with van der Waals surface area (Å²) in [5.74, 6) is -0.814. The molecule has 2 aliphatic heterocycles. The minimum absolute atomic E-state index is 0.0103. The Labute approximate surface area is 288 Å². The number of nitrogens with one attached hydrogen (secondary N) is 2. The number of aromatic amines is 1. The first-order chi connectivity index (χ1) is 23.2. The van der Waals surface area contributed by atoms with Crippen molar-refractivity contribution in [2.45, 2.75) is 29.5 Å². The molecule has 10 nitrogen and oxygen atoms in total. The van der Waals surface area contributed by atoms with Crippen LogP contribution in [0.4, 0.5) is 11.4 Å². The van der Waals surface area contributed by atoms with Crippen LogP contribution >= 0.6 is 34.7 Å². The lowest BCUT2D eigenvalue weighted by Gasteiger charge is -2.43. The van der Waals surface area contributed by atoms with E-state index in [1.807, 2.05) is 19.1 Å². The first-order valence-electron chi connectivity index (χ1n) is 15.7. The van der Waals surface area contributed by atoms with E-state index < -0.39 is 11.8 Å². The number of aromatic nitrogens is 1. The number of anilines is 2. The summed E-state index contributed by atoms with van der Waals surface area (Å²) in [6, 6.07) is 18.6. The summed E-state index contributed by atoms with van der Waals surface area (Å²) in [6.45, 7) is 1.96. The maximum absolute atomic E-state index is 14.0. The zero-order valence-corrected chi connectivity index (χ0v) is 27.9. The monoisotopic (exact) mass is 703 g/mol. The van der Waals surface area contributed by atoms with Crippen molar-refractivity contribution in [3.8, 4) is 17.2 Å². The third-order valence-corrected chi connectivity index (χ3v) is 12.8. The number of fused-ring (bicyclic) bond motifs is 9. The third-order valence-electron chi connectivity index (χ3n) is 9.95. The van der Waals surface area contributed by atoms with Crippen LogP contribution in [0, 0.1) is 29.6 Å². The molecular weight excluding hydrogens is 674 g/mol. The number of hydrogen-bond acceptors (Lipinski definition) is 9. The number of H-pyrrole nitrogens is 1. The van der Waals surface area contributed by atoms with Crippen molar-refractivity contribution in [3.05, 3.63) is 91.9 Å². The number of imide groups is 1. The van der Waals surface area contributed by atoms with E-state index in [9.17, 15) is 24.3 Å². The zero-order valence-electron chi connectivity index (χ0n) is 25.6. The number of carbonyl (C=O) groups is 3. The number of carbonyl (C=O) groups excluding carboxylic acids is 3. The van der Waals surface area contributed by atoms with Crippen LogP contribution in [0.3, 0.4) is 0 Å². The Hall–Kier alpha value is -4.26. The summed E-state index contributed by atoms with van der Waals surface area (Å²) in [7, 11) is 0. The summed E-state index contributed by atoms with van der Waals surface area (Å²) in [4.78, 5) is 58.4. The number of phenolic OH excluding ortho intramolecular Hbond substituents is 1. The molecule has 0 spiro atoms. The topological polar surface area (TPSA) is 138 Å². The minimum atomic E-state index is -0.430. The standard InChI is InChI=1S/C35H30ClN3O7S2/c1-2-45-24-13-16(3-12-23(24)46-15-25(41)37-18-6-10-20(40)11-7-18)26-27-21-14-22(30(27)47-32-31(26)48-35(44)38-32)29-28(21)33(42)39(34(29)43)19-8-4-17(36)5-9-19/h3-13,21-22,26-30,40H,2,14-15H2,1H3,(H,37,41)(H,38,44)/t21?,22?,26-,27?,28?,29?,30?/m1/s1. The van der Waals surface area contributed by atoms with Crippen LogP contribution < -0.4 is 24.6 Å². The Bertz CT molecular complexity index is 2000. The average Bonchev–Trinajstić information content (AvgIpc) is 3.81. The quantitative estimate of drug-likeness (QED) is 0.153. The molecule has 2 aliphatic carbocycles. The Morgan fingerprint density at radius 2 is 1.71 bits per heavy atom. The Morgan fingerprint density at radius 1 is 0.979 bits per heavy atom. The van der Waals surface area contributed by atoms with E-state index >= 15 is 0 Å². The lowest BCUT2D eigenvalue weighted by molar-refractivity contribution is -0.123. The highest BCUT2D eigenvalue weighted by Gasteiger charge is 2.69. The van der Waals surface area contributed by atoms with Gasteiger partial charge in [0.05, 0.1) is 29.2 Å². The first kappa shape index (κ1) is 31.0. The van der Waals surface area contributed by atoms with Gasteiger partial charge in [0.15, 0.2) is 18.1 Å². The van der Waals surface area contributed by atoms with Gasteiger partial charge in [0.2, 0.25) is 11.8 Å². The van der Waals surface area contributed by atoms with Crippen molar-refractivity contribution in [2.24, 2.45) is 29.6 Å². The van der Waals surface area contributed by atoms with E-state index in [0.717, 1.165) is 21.9 Å². The van der Waals surface area contributed by atoms with Gasteiger partial charge in [-0.1, -0.05) is 29.0 Å². The maximum Gasteiger partial charge on any atom is 0.305 e. The second-order valence-corrected chi connectivity index (χ2v) is 15.1. The highest BCUT2D eigenvalue weighted by Crippen LogP contribution is 2.68. The van der Waals surface area contributed by atoms with Gasteiger partial charge in [-0.3, -0.25) is 24.1 Å². The second-order valence-electron chi connectivity index (χ2n) is 12.5. The van der Waals surface area contributed by atoms with Crippen LogP contribution in [0.5, 0.6) is 17.2 Å². The lowest BCUT2D eigenvalue weighted by Crippen LogP contribution is -2.42. The first-order valence-corrected chi connectivity index (χ1v) is 17.8. The van der Waals surface area contributed by atoms with E-state index in [0.29, 0.717) is 34.5 Å². The normalized spacial score (nSPS) is 26.6. The lowest BCUT2D eigenvalue weighted by atomic mass is 9.68. The number of ether oxygens (including phenoxy) is 2. The largest absolute Gasteiger partial charge is 0.508 e. The molecule has 7 atom stereocenters. The molecule has 3 N–H and O–H groups in total. The van der Waals surface area contributed by atoms with Gasteiger partial charge < -0.3 is 24.9 Å². The van der Waals surface area contributed by atoms with Gasteiger partial charge in [-0.25, -0.2) is 0 Å². The molecule has 4 aromatic rings. The maximum atomic E-state index is 14.0. The van der Waals surface area contributed by atoms with Crippen molar-refractivity contribution in [2.75, 3.05) is 23.4 Å². The van der Waals surface area contributed by atoms with E-state index in [1.165, 1.54) is 28.4 Å². The predicted molar refractivity (Wildman–Crippen MR) is 182 cm³/mol. The number of thiazole rings is 1. The number of thioether (sulfide) groups is 1. The number of rotatable bonds is 8. The van der Waals surface area contributed by atoms with Gasteiger partial charge in [-0.05, 0) is 97.3 Å². The Kier molecular flexibility index (Phi) is 7.77. The molecule has 3 aromatic carbocycles. The minimum Gasteiger partial charge on any atom is -0.508 e. The van der Waals surface area contributed by atoms with Crippen molar-refractivity contribution in [3.63, 3.8) is 0 Å².